The molecule has 0 saturated carbocycles. The molecule has 0 bridgehead atoms. The maximum absolute atomic E-state index is 10.9. The van der Waals surface area contributed by atoms with E-state index >= 15 is 0 Å². The maximum atomic E-state index is 10.9. The predicted molar refractivity (Wildman–Crippen MR) is 66.1 cm³/mol. The smallest absolute Gasteiger partial charge is 0.208 e. The highest BCUT2D eigenvalue weighted by atomic mass is 32.2. The first kappa shape index (κ1) is 12.0. The zero-order valence-corrected chi connectivity index (χ0v) is 10.9. The van der Waals surface area contributed by atoms with Crippen molar-refractivity contribution in [2.45, 2.75) is 13.0 Å². The fraction of sp³-hybridized carbons (Fsp3) is 0.600. The second kappa shape index (κ2) is 4.83. The molecule has 0 aliphatic carbocycles. The molecule has 1 N–H and O–H groups in total. The SMILES string of the molecule is CS(=O)(=O)NCCN1CCc2sccc2C1. The highest BCUT2D eigenvalue weighted by Gasteiger charge is 2.16. The number of hydrogen-bond donors (Lipinski definition) is 1. The fourth-order valence-electron chi connectivity index (χ4n) is 1.89. The van der Waals surface area contributed by atoms with Crippen LogP contribution < -0.4 is 4.72 Å². The van der Waals surface area contributed by atoms with Crippen LogP contribution in [-0.4, -0.2) is 39.2 Å². The van der Waals surface area contributed by atoms with Crippen LogP contribution >= 0.6 is 11.3 Å². The standard InChI is InChI=1S/C10H16N2O2S2/c1-16(13,14)11-4-6-12-5-2-10-9(8-12)3-7-15-10/h3,7,11H,2,4-6,8H2,1H3. The monoisotopic (exact) mass is 260 g/mol. The molecule has 1 aromatic heterocycles. The first-order valence-electron chi connectivity index (χ1n) is 5.27. The molecule has 0 amide bonds. The van der Waals surface area contributed by atoms with Crippen molar-refractivity contribution in [2.75, 3.05) is 25.9 Å². The van der Waals surface area contributed by atoms with Gasteiger partial charge in [0.1, 0.15) is 0 Å². The van der Waals surface area contributed by atoms with Crippen LogP contribution in [0.25, 0.3) is 0 Å². The molecule has 0 aromatic carbocycles. The lowest BCUT2D eigenvalue weighted by molar-refractivity contribution is 0.260. The average molecular weight is 260 g/mol. The van der Waals surface area contributed by atoms with Gasteiger partial charge in [0.25, 0.3) is 0 Å². The number of nitrogens with zero attached hydrogens (tertiary/aromatic N) is 1. The molecule has 0 atom stereocenters. The van der Waals surface area contributed by atoms with E-state index in [0.717, 1.165) is 26.1 Å². The second-order valence-electron chi connectivity index (χ2n) is 4.06. The summed E-state index contributed by atoms with van der Waals surface area (Å²) in [7, 11) is -3.05. The lowest BCUT2D eigenvalue weighted by Crippen LogP contribution is -2.37. The van der Waals surface area contributed by atoms with E-state index in [4.69, 9.17) is 0 Å². The summed E-state index contributed by atoms with van der Waals surface area (Å²) in [4.78, 5) is 3.76. The molecule has 2 heterocycles. The molecule has 16 heavy (non-hydrogen) atoms. The summed E-state index contributed by atoms with van der Waals surface area (Å²) in [6.07, 6.45) is 2.28. The molecule has 0 radical (unpaired) electrons. The first-order valence-corrected chi connectivity index (χ1v) is 8.04. The van der Waals surface area contributed by atoms with Gasteiger partial charge in [-0.3, -0.25) is 4.90 Å². The molecule has 2 rings (SSSR count). The molecule has 90 valence electrons. The van der Waals surface area contributed by atoms with Crippen molar-refractivity contribution >= 4 is 21.4 Å². The number of hydrogen-bond acceptors (Lipinski definition) is 4. The molecule has 0 spiro atoms. The Balaban J connectivity index is 1.81. The third-order valence-electron chi connectivity index (χ3n) is 2.68. The summed E-state index contributed by atoms with van der Waals surface area (Å²) < 4.78 is 24.3. The average Bonchev–Trinajstić information content (AvgIpc) is 2.62. The second-order valence-corrected chi connectivity index (χ2v) is 6.90. The highest BCUT2D eigenvalue weighted by Crippen LogP contribution is 2.23. The predicted octanol–water partition coefficient (Wildman–Crippen LogP) is 0.655. The third kappa shape index (κ3) is 3.28. The van der Waals surface area contributed by atoms with E-state index in [1.54, 1.807) is 0 Å². The number of sulfonamides is 1. The van der Waals surface area contributed by atoms with Gasteiger partial charge in [-0.15, -0.1) is 11.3 Å². The summed E-state index contributed by atoms with van der Waals surface area (Å²) in [5.74, 6) is 0. The van der Waals surface area contributed by atoms with Gasteiger partial charge in [-0.05, 0) is 23.4 Å². The van der Waals surface area contributed by atoms with Gasteiger partial charge < -0.3 is 0 Å². The Kier molecular flexibility index (Phi) is 3.63. The van der Waals surface area contributed by atoms with E-state index in [1.165, 1.54) is 16.7 Å². The van der Waals surface area contributed by atoms with Crippen molar-refractivity contribution < 1.29 is 8.42 Å². The van der Waals surface area contributed by atoms with E-state index in [0.29, 0.717) is 6.54 Å². The van der Waals surface area contributed by atoms with Crippen molar-refractivity contribution in [2.24, 2.45) is 0 Å². The lowest BCUT2D eigenvalue weighted by atomic mass is 10.1. The quantitative estimate of drug-likeness (QED) is 0.865. The molecule has 0 unspecified atom stereocenters. The molecule has 1 aromatic rings. The maximum Gasteiger partial charge on any atom is 0.208 e. The van der Waals surface area contributed by atoms with Crippen molar-refractivity contribution in [3.05, 3.63) is 21.9 Å². The molecule has 0 fully saturated rings. The van der Waals surface area contributed by atoms with Gasteiger partial charge in [-0.2, -0.15) is 0 Å². The lowest BCUT2D eigenvalue weighted by Gasteiger charge is -2.26. The number of nitrogens with one attached hydrogen (secondary N) is 1. The Labute approximate surface area is 100 Å². The van der Waals surface area contributed by atoms with Crippen LogP contribution in [0, 0.1) is 0 Å². The van der Waals surface area contributed by atoms with Crippen molar-refractivity contribution in [3.63, 3.8) is 0 Å². The topological polar surface area (TPSA) is 49.4 Å². The van der Waals surface area contributed by atoms with Crippen molar-refractivity contribution in [1.29, 1.82) is 0 Å². The van der Waals surface area contributed by atoms with Gasteiger partial charge in [-0.25, -0.2) is 13.1 Å². The first-order chi connectivity index (χ1) is 7.54. The van der Waals surface area contributed by atoms with Crippen molar-refractivity contribution in [3.8, 4) is 0 Å². The van der Waals surface area contributed by atoms with Crippen LogP contribution in [0.5, 0.6) is 0 Å². The molecule has 1 aliphatic rings. The minimum Gasteiger partial charge on any atom is -0.297 e. The van der Waals surface area contributed by atoms with Gasteiger partial charge in [0.2, 0.25) is 10.0 Å². The summed E-state index contributed by atoms with van der Waals surface area (Å²) >= 11 is 1.82. The van der Waals surface area contributed by atoms with E-state index in [9.17, 15) is 8.42 Å². The summed E-state index contributed by atoms with van der Waals surface area (Å²) in [5.41, 5.74) is 1.40. The van der Waals surface area contributed by atoms with E-state index in [-0.39, 0.29) is 0 Å². The minimum absolute atomic E-state index is 0.498. The van der Waals surface area contributed by atoms with E-state index in [1.807, 2.05) is 11.3 Å². The van der Waals surface area contributed by atoms with Gasteiger partial charge in [0.15, 0.2) is 0 Å². The molecule has 1 aliphatic heterocycles. The van der Waals surface area contributed by atoms with E-state index < -0.39 is 10.0 Å². The van der Waals surface area contributed by atoms with Crippen LogP contribution in [0.3, 0.4) is 0 Å². The zero-order chi connectivity index (χ0) is 11.6. The van der Waals surface area contributed by atoms with Gasteiger partial charge in [0, 0.05) is 31.1 Å². The van der Waals surface area contributed by atoms with Crippen LogP contribution in [0.2, 0.25) is 0 Å². The van der Waals surface area contributed by atoms with Gasteiger partial charge in [-0.1, -0.05) is 0 Å². The Morgan fingerprint density at radius 3 is 3.12 bits per heavy atom. The Morgan fingerprint density at radius 1 is 1.56 bits per heavy atom. The number of fused-ring (bicyclic) bond motifs is 1. The number of thiophene rings is 1. The van der Waals surface area contributed by atoms with Crippen LogP contribution in [0.1, 0.15) is 10.4 Å². The molecule has 6 heteroatoms. The summed E-state index contributed by atoms with van der Waals surface area (Å²) in [6.45, 7) is 3.25. The molecule has 0 saturated heterocycles. The van der Waals surface area contributed by atoms with Crippen LogP contribution in [0.15, 0.2) is 11.4 Å². The van der Waals surface area contributed by atoms with Gasteiger partial charge >= 0.3 is 0 Å². The zero-order valence-electron chi connectivity index (χ0n) is 9.27. The Morgan fingerprint density at radius 2 is 2.38 bits per heavy atom. The van der Waals surface area contributed by atoms with Crippen LogP contribution in [-0.2, 0) is 23.0 Å². The third-order valence-corrected chi connectivity index (χ3v) is 4.43. The number of rotatable bonds is 4. The Bertz CT molecular complexity index is 453. The summed E-state index contributed by atoms with van der Waals surface area (Å²) in [6, 6.07) is 2.16. The molecular formula is C10H16N2O2S2. The highest BCUT2D eigenvalue weighted by molar-refractivity contribution is 7.88. The van der Waals surface area contributed by atoms with Gasteiger partial charge in [0.05, 0.1) is 6.26 Å². The van der Waals surface area contributed by atoms with Crippen LogP contribution in [0.4, 0.5) is 0 Å². The molecule has 4 nitrogen and oxygen atoms in total. The molecular weight excluding hydrogens is 244 g/mol. The summed E-state index contributed by atoms with van der Waals surface area (Å²) in [5, 5.41) is 2.13. The van der Waals surface area contributed by atoms with Crippen molar-refractivity contribution in [1.82, 2.24) is 9.62 Å². The normalized spacial score (nSPS) is 17.3. The minimum atomic E-state index is -3.05. The fourth-order valence-corrected chi connectivity index (χ4v) is 3.24. The Hall–Kier alpha value is -0.430. The largest absolute Gasteiger partial charge is 0.297 e. The van der Waals surface area contributed by atoms with E-state index in [2.05, 4.69) is 21.1 Å².